The van der Waals surface area contributed by atoms with Crippen LogP contribution in [0.4, 0.5) is 0 Å². The molecule has 0 aromatic heterocycles. The van der Waals surface area contributed by atoms with Crippen molar-refractivity contribution in [2.75, 3.05) is 20.1 Å². The highest BCUT2D eigenvalue weighted by atomic mass is 15.1. The summed E-state index contributed by atoms with van der Waals surface area (Å²) in [6, 6.07) is 0.785. The first kappa shape index (κ1) is 17.9. The molecule has 0 atom stereocenters. The SMILES string of the molecule is CCC(CC)N(C)CCCCCCNC(C)(C)C. The van der Waals surface area contributed by atoms with E-state index in [1.165, 1.54) is 45.1 Å². The van der Waals surface area contributed by atoms with E-state index in [9.17, 15) is 0 Å². The maximum absolute atomic E-state index is 3.55. The zero-order valence-corrected chi connectivity index (χ0v) is 13.7. The van der Waals surface area contributed by atoms with Crippen molar-refractivity contribution in [3.63, 3.8) is 0 Å². The molecule has 0 heterocycles. The summed E-state index contributed by atoms with van der Waals surface area (Å²) in [5.41, 5.74) is 0.274. The molecule has 2 nitrogen and oxygen atoms in total. The Bertz CT molecular complexity index is 180. The molecule has 1 N–H and O–H groups in total. The van der Waals surface area contributed by atoms with Crippen molar-refractivity contribution in [3.8, 4) is 0 Å². The topological polar surface area (TPSA) is 15.3 Å². The van der Waals surface area contributed by atoms with Crippen LogP contribution in [0.5, 0.6) is 0 Å². The van der Waals surface area contributed by atoms with Crippen LogP contribution in [-0.4, -0.2) is 36.6 Å². The number of unbranched alkanes of at least 4 members (excludes halogenated alkanes) is 3. The summed E-state index contributed by atoms with van der Waals surface area (Å²) >= 11 is 0. The van der Waals surface area contributed by atoms with Crippen LogP contribution < -0.4 is 5.32 Å². The number of hydrogen-bond donors (Lipinski definition) is 1. The summed E-state index contributed by atoms with van der Waals surface area (Å²) in [7, 11) is 2.28. The van der Waals surface area contributed by atoms with Gasteiger partial charge < -0.3 is 10.2 Å². The zero-order valence-electron chi connectivity index (χ0n) is 13.7. The van der Waals surface area contributed by atoms with Crippen molar-refractivity contribution in [2.45, 2.75) is 84.7 Å². The Kier molecular flexibility index (Phi) is 9.76. The molecule has 0 aromatic rings. The fourth-order valence-corrected chi connectivity index (χ4v) is 2.40. The molecular formula is C16H36N2. The van der Waals surface area contributed by atoms with Gasteiger partial charge in [-0.1, -0.05) is 26.7 Å². The van der Waals surface area contributed by atoms with Gasteiger partial charge in [-0.3, -0.25) is 0 Å². The van der Waals surface area contributed by atoms with Crippen LogP contribution >= 0.6 is 0 Å². The molecule has 0 saturated heterocycles. The lowest BCUT2D eigenvalue weighted by molar-refractivity contribution is 0.225. The van der Waals surface area contributed by atoms with Crippen LogP contribution in [-0.2, 0) is 0 Å². The molecule has 110 valence electrons. The third-order valence-corrected chi connectivity index (χ3v) is 3.66. The van der Waals surface area contributed by atoms with Crippen LogP contribution in [0.3, 0.4) is 0 Å². The van der Waals surface area contributed by atoms with E-state index < -0.39 is 0 Å². The van der Waals surface area contributed by atoms with Gasteiger partial charge in [0, 0.05) is 11.6 Å². The molecule has 0 saturated carbocycles. The largest absolute Gasteiger partial charge is 0.312 e. The van der Waals surface area contributed by atoms with Gasteiger partial charge in [-0.15, -0.1) is 0 Å². The van der Waals surface area contributed by atoms with E-state index in [0.29, 0.717) is 0 Å². The maximum atomic E-state index is 3.55. The highest BCUT2D eigenvalue weighted by Gasteiger charge is 2.09. The van der Waals surface area contributed by atoms with E-state index in [4.69, 9.17) is 0 Å². The van der Waals surface area contributed by atoms with Crippen molar-refractivity contribution in [1.29, 1.82) is 0 Å². The molecule has 0 aliphatic heterocycles. The Morgan fingerprint density at radius 3 is 2.00 bits per heavy atom. The number of nitrogens with one attached hydrogen (secondary N) is 1. The molecule has 2 heteroatoms. The predicted molar refractivity (Wildman–Crippen MR) is 83.2 cm³/mol. The first-order chi connectivity index (χ1) is 8.40. The van der Waals surface area contributed by atoms with Crippen molar-refractivity contribution in [2.24, 2.45) is 0 Å². The van der Waals surface area contributed by atoms with E-state index in [1.54, 1.807) is 0 Å². The Balaban J connectivity index is 3.40. The van der Waals surface area contributed by atoms with E-state index in [-0.39, 0.29) is 5.54 Å². The minimum atomic E-state index is 0.274. The molecule has 0 fully saturated rings. The summed E-state index contributed by atoms with van der Waals surface area (Å²) in [5, 5.41) is 3.55. The zero-order chi connectivity index (χ0) is 14.0. The summed E-state index contributed by atoms with van der Waals surface area (Å²) in [5.74, 6) is 0. The Morgan fingerprint density at radius 1 is 0.944 bits per heavy atom. The third kappa shape index (κ3) is 9.90. The van der Waals surface area contributed by atoms with Crippen LogP contribution in [0, 0.1) is 0 Å². The van der Waals surface area contributed by atoms with Gasteiger partial charge in [0.1, 0.15) is 0 Å². The smallest absolute Gasteiger partial charge is 0.00965 e. The van der Waals surface area contributed by atoms with Crippen LogP contribution in [0.2, 0.25) is 0 Å². The van der Waals surface area contributed by atoms with Crippen LogP contribution in [0.15, 0.2) is 0 Å². The van der Waals surface area contributed by atoms with Crippen molar-refractivity contribution in [3.05, 3.63) is 0 Å². The van der Waals surface area contributed by atoms with Gasteiger partial charge in [0.05, 0.1) is 0 Å². The lowest BCUT2D eigenvalue weighted by Gasteiger charge is -2.26. The van der Waals surface area contributed by atoms with E-state index in [2.05, 4.69) is 51.9 Å². The summed E-state index contributed by atoms with van der Waals surface area (Å²) in [4.78, 5) is 2.54. The van der Waals surface area contributed by atoms with Crippen LogP contribution in [0.25, 0.3) is 0 Å². The standard InChI is InChI=1S/C16H36N2/c1-7-15(8-2)18(6)14-12-10-9-11-13-17-16(3,4)5/h15,17H,7-14H2,1-6H3. The average Bonchev–Trinajstić information content (AvgIpc) is 2.28. The second kappa shape index (κ2) is 9.80. The molecule has 0 spiro atoms. The molecule has 0 radical (unpaired) electrons. The van der Waals surface area contributed by atoms with Crippen LogP contribution in [0.1, 0.15) is 73.1 Å². The second-order valence-electron chi connectivity index (χ2n) is 6.54. The van der Waals surface area contributed by atoms with Gasteiger partial charge >= 0.3 is 0 Å². The molecule has 0 bridgehead atoms. The number of hydrogen-bond acceptors (Lipinski definition) is 2. The first-order valence-corrected chi connectivity index (χ1v) is 7.86. The third-order valence-electron chi connectivity index (χ3n) is 3.66. The van der Waals surface area contributed by atoms with E-state index in [1.807, 2.05) is 0 Å². The summed E-state index contributed by atoms with van der Waals surface area (Å²) < 4.78 is 0. The maximum Gasteiger partial charge on any atom is 0.00965 e. The van der Waals surface area contributed by atoms with E-state index >= 15 is 0 Å². The second-order valence-corrected chi connectivity index (χ2v) is 6.54. The highest BCUT2D eigenvalue weighted by molar-refractivity contribution is 4.69. The first-order valence-electron chi connectivity index (χ1n) is 7.86. The lowest BCUT2D eigenvalue weighted by Crippen LogP contribution is -2.36. The Hall–Kier alpha value is -0.0800. The lowest BCUT2D eigenvalue weighted by atomic mass is 10.1. The molecule has 0 unspecified atom stereocenters. The normalized spacial score (nSPS) is 12.7. The summed E-state index contributed by atoms with van der Waals surface area (Å²) in [6.45, 7) is 13.7. The summed E-state index contributed by atoms with van der Waals surface area (Å²) in [6.07, 6.45) is 7.95. The molecule has 0 aliphatic rings. The van der Waals surface area contributed by atoms with Gasteiger partial charge in [-0.25, -0.2) is 0 Å². The minimum absolute atomic E-state index is 0.274. The van der Waals surface area contributed by atoms with Crippen molar-refractivity contribution >= 4 is 0 Å². The van der Waals surface area contributed by atoms with Crippen molar-refractivity contribution in [1.82, 2.24) is 10.2 Å². The highest BCUT2D eigenvalue weighted by Crippen LogP contribution is 2.08. The molecular weight excluding hydrogens is 220 g/mol. The predicted octanol–water partition coefficient (Wildman–Crippen LogP) is 4.06. The monoisotopic (exact) mass is 256 g/mol. The molecule has 0 amide bonds. The van der Waals surface area contributed by atoms with Gasteiger partial charge in [-0.05, 0) is 66.6 Å². The van der Waals surface area contributed by atoms with Gasteiger partial charge in [0.15, 0.2) is 0 Å². The molecule has 0 aliphatic carbocycles. The Morgan fingerprint density at radius 2 is 1.50 bits per heavy atom. The van der Waals surface area contributed by atoms with Gasteiger partial charge in [0.2, 0.25) is 0 Å². The fourth-order valence-electron chi connectivity index (χ4n) is 2.40. The molecule has 0 aromatic carbocycles. The minimum Gasteiger partial charge on any atom is -0.312 e. The van der Waals surface area contributed by atoms with Gasteiger partial charge in [-0.2, -0.15) is 0 Å². The molecule has 18 heavy (non-hydrogen) atoms. The van der Waals surface area contributed by atoms with Crippen molar-refractivity contribution < 1.29 is 0 Å². The van der Waals surface area contributed by atoms with E-state index in [0.717, 1.165) is 12.6 Å². The Labute approximate surface area is 116 Å². The number of nitrogens with zero attached hydrogens (tertiary/aromatic N) is 1. The average molecular weight is 256 g/mol. The fraction of sp³-hybridized carbons (Fsp3) is 1.00. The molecule has 0 rings (SSSR count). The number of rotatable bonds is 10. The quantitative estimate of drug-likeness (QED) is 0.593. The van der Waals surface area contributed by atoms with Gasteiger partial charge in [0.25, 0.3) is 0 Å².